The molecule has 1 unspecified atom stereocenters. The summed E-state index contributed by atoms with van der Waals surface area (Å²) in [6.45, 7) is 1.12. The highest BCUT2D eigenvalue weighted by atomic mass is 32.2. The lowest BCUT2D eigenvalue weighted by Gasteiger charge is -2.20. The van der Waals surface area contributed by atoms with E-state index in [0.29, 0.717) is 11.3 Å². The molecule has 1 heterocycles. The van der Waals surface area contributed by atoms with Gasteiger partial charge in [0.2, 0.25) is 15.9 Å². The van der Waals surface area contributed by atoms with Gasteiger partial charge in [0.25, 0.3) is 0 Å². The molecule has 1 atom stereocenters. The third-order valence-corrected chi connectivity index (χ3v) is 4.92. The Balaban J connectivity index is 2.41. The molecular weight excluding hydrogens is 266 g/mol. The first-order valence-electron chi connectivity index (χ1n) is 5.71. The minimum Gasteiger partial charge on any atom is -0.325 e. The number of amides is 1. The van der Waals surface area contributed by atoms with E-state index in [2.05, 4.69) is 5.32 Å². The molecule has 0 radical (unpaired) electrons. The lowest BCUT2D eigenvalue weighted by Crippen LogP contribution is -2.39. The number of nitrogens with zero attached hydrogens (tertiary/aromatic N) is 2. The van der Waals surface area contributed by atoms with Gasteiger partial charge in [-0.25, -0.2) is 8.42 Å². The predicted molar refractivity (Wildman–Crippen MR) is 69.5 cm³/mol. The summed E-state index contributed by atoms with van der Waals surface area (Å²) in [5.74, 6) is -0.404. The summed E-state index contributed by atoms with van der Waals surface area (Å²) < 4.78 is 25.3. The maximum absolute atomic E-state index is 12.1. The Labute approximate surface area is 111 Å². The lowest BCUT2D eigenvalue weighted by molar-refractivity contribution is -0.116. The number of rotatable bonds is 2. The van der Waals surface area contributed by atoms with Gasteiger partial charge in [0.05, 0.1) is 12.6 Å². The van der Waals surface area contributed by atoms with Crippen LogP contribution in [0, 0.1) is 11.3 Å². The highest BCUT2D eigenvalue weighted by Gasteiger charge is 2.32. The standard InChI is InChI=1S/C12H13N3O3S/c1-9(6-13)19(17,18)15-7-10-4-2-3-5-11(10)14-12(16)8-15/h2-5,9H,7-8H2,1H3,(H,14,16). The van der Waals surface area contributed by atoms with Crippen LogP contribution in [0.5, 0.6) is 0 Å². The minimum atomic E-state index is -3.80. The average molecular weight is 279 g/mol. The number of sulfonamides is 1. The van der Waals surface area contributed by atoms with E-state index in [9.17, 15) is 13.2 Å². The second-order valence-corrected chi connectivity index (χ2v) is 6.54. The maximum Gasteiger partial charge on any atom is 0.239 e. The molecule has 0 fully saturated rings. The van der Waals surface area contributed by atoms with Gasteiger partial charge in [-0.15, -0.1) is 0 Å². The van der Waals surface area contributed by atoms with Gasteiger partial charge in [0.1, 0.15) is 0 Å². The molecule has 0 saturated carbocycles. The molecule has 1 aliphatic heterocycles. The van der Waals surface area contributed by atoms with E-state index in [1.807, 2.05) is 0 Å². The first kappa shape index (κ1) is 13.5. The van der Waals surface area contributed by atoms with E-state index in [1.54, 1.807) is 30.3 Å². The van der Waals surface area contributed by atoms with E-state index in [0.717, 1.165) is 4.31 Å². The molecule has 0 aromatic heterocycles. The van der Waals surface area contributed by atoms with Gasteiger partial charge in [-0.3, -0.25) is 4.79 Å². The van der Waals surface area contributed by atoms with Gasteiger partial charge >= 0.3 is 0 Å². The summed E-state index contributed by atoms with van der Waals surface area (Å²) in [7, 11) is -3.80. The Morgan fingerprint density at radius 1 is 1.37 bits per heavy atom. The van der Waals surface area contributed by atoms with Crippen LogP contribution in [0.1, 0.15) is 12.5 Å². The quantitative estimate of drug-likeness (QED) is 0.862. The van der Waals surface area contributed by atoms with Crippen molar-refractivity contribution in [1.82, 2.24) is 4.31 Å². The SMILES string of the molecule is CC(C#N)S(=O)(=O)N1CC(=O)Nc2ccccc2C1. The topological polar surface area (TPSA) is 90.3 Å². The van der Waals surface area contributed by atoms with Crippen molar-refractivity contribution in [2.75, 3.05) is 11.9 Å². The molecule has 0 bridgehead atoms. The average Bonchev–Trinajstić information content (AvgIpc) is 2.55. The molecular formula is C12H13N3O3S. The van der Waals surface area contributed by atoms with E-state index in [1.165, 1.54) is 6.92 Å². The van der Waals surface area contributed by atoms with Gasteiger partial charge in [-0.1, -0.05) is 18.2 Å². The number of nitrogens with one attached hydrogen (secondary N) is 1. The summed E-state index contributed by atoms with van der Waals surface area (Å²) >= 11 is 0. The van der Waals surface area contributed by atoms with Gasteiger partial charge in [0, 0.05) is 12.2 Å². The molecule has 0 saturated heterocycles. The van der Waals surface area contributed by atoms with Crippen LogP contribution in [-0.4, -0.2) is 30.4 Å². The highest BCUT2D eigenvalue weighted by molar-refractivity contribution is 7.89. The fourth-order valence-electron chi connectivity index (χ4n) is 1.85. The van der Waals surface area contributed by atoms with Gasteiger partial charge in [-0.05, 0) is 18.6 Å². The first-order chi connectivity index (χ1) is 8.95. The lowest BCUT2D eigenvalue weighted by atomic mass is 10.2. The zero-order valence-corrected chi connectivity index (χ0v) is 11.1. The summed E-state index contributed by atoms with van der Waals surface area (Å²) in [5, 5.41) is 10.3. The van der Waals surface area contributed by atoms with E-state index < -0.39 is 21.2 Å². The zero-order valence-electron chi connectivity index (χ0n) is 10.3. The summed E-state index contributed by atoms with van der Waals surface area (Å²) in [6, 6.07) is 8.71. The van der Waals surface area contributed by atoms with Crippen molar-refractivity contribution in [3.63, 3.8) is 0 Å². The molecule has 0 aliphatic carbocycles. The molecule has 1 aromatic rings. The van der Waals surface area contributed by atoms with Crippen LogP contribution < -0.4 is 5.32 Å². The summed E-state index contributed by atoms with van der Waals surface area (Å²) in [4.78, 5) is 11.7. The van der Waals surface area contributed by atoms with Crippen molar-refractivity contribution in [3.05, 3.63) is 29.8 Å². The smallest absolute Gasteiger partial charge is 0.239 e. The summed E-state index contributed by atoms with van der Waals surface area (Å²) in [6.07, 6.45) is 0. The first-order valence-corrected chi connectivity index (χ1v) is 7.22. The number of carbonyl (C=O) groups excluding carboxylic acids is 1. The molecule has 19 heavy (non-hydrogen) atoms. The van der Waals surface area contributed by atoms with Crippen LogP contribution in [0.2, 0.25) is 0 Å². The normalized spacial score (nSPS) is 17.8. The molecule has 6 nitrogen and oxygen atoms in total. The third kappa shape index (κ3) is 2.59. The maximum atomic E-state index is 12.1. The molecule has 1 aliphatic rings. The molecule has 1 aromatic carbocycles. The fraction of sp³-hybridized carbons (Fsp3) is 0.333. The van der Waals surface area contributed by atoms with Crippen molar-refractivity contribution in [2.24, 2.45) is 0 Å². The van der Waals surface area contributed by atoms with Crippen LogP contribution >= 0.6 is 0 Å². The molecule has 1 amide bonds. The third-order valence-electron chi connectivity index (χ3n) is 2.95. The number of hydrogen-bond acceptors (Lipinski definition) is 4. The van der Waals surface area contributed by atoms with E-state index >= 15 is 0 Å². The number of benzene rings is 1. The Morgan fingerprint density at radius 2 is 2.05 bits per heavy atom. The Hall–Kier alpha value is -1.91. The predicted octanol–water partition coefficient (Wildman–Crippen LogP) is 0.683. The second-order valence-electron chi connectivity index (χ2n) is 4.29. The van der Waals surface area contributed by atoms with E-state index in [-0.39, 0.29) is 13.1 Å². The second kappa shape index (κ2) is 4.99. The van der Waals surface area contributed by atoms with Crippen LogP contribution in [0.25, 0.3) is 0 Å². The minimum absolute atomic E-state index is 0.0866. The Kier molecular flexibility index (Phi) is 3.55. The molecule has 100 valence electrons. The Bertz CT molecular complexity index is 648. The molecule has 7 heteroatoms. The highest BCUT2D eigenvalue weighted by Crippen LogP contribution is 2.23. The summed E-state index contributed by atoms with van der Waals surface area (Å²) in [5.41, 5.74) is 1.32. The fourth-order valence-corrected chi connectivity index (χ4v) is 3.04. The molecule has 0 spiro atoms. The number of anilines is 1. The van der Waals surface area contributed by atoms with Crippen molar-refractivity contribution in [2.45, 2.75) is 18.7 Å². The number of fused-ring (bicyclic) bond motifs is 1. The van der Waals surface area contributed by atoms with Crippen molar-refractivity contribution >= 4 is 21.6 Å². The Morgan fingerprint density at radius 3 is 2.74 bits per heavy atom. The van der Waals surface area contributed by atoms with Gasteiger partial charge in [0.15, 0.2) is 5.25 Å². The van der Waals surface area contributed by atoms with Crippen LogP contribution in [0.15, 0.2) is 24.3 Å². The van der Waals surface area contributed by atoms with Crippen molar-refractivity contribution in [3.8, 4) is 6.07 Å². The molecule has 2 rings (SSSR count). The monoisotopic (exact) mass is 279 g/mol. The number of carbonyl (C=O) groups is 1. The zero-order chi connectivity index (χ0) is 14.0. The van der Waals surface area contributed by atoms with Crippen molar-refractivity contribution in [1.29, 1.82) is 5.26 Å². The van der Waals surface area contributed by atoms with Gasteiger partial charge in [-0.2, -0.15) is 9.57 Å². The van der Waals surface area contributed by atoms with Crippen LogP contribution in [0.3, 0.4) is 0 Å². The number of hydrogen-bond donors (Lipinski definition) is 1. The van der Waals surface area contributed by atoms with Crippen LogP contribution in [-0.2, 0) is 21.4 Å². The number of nitriles is 1. The van der Waals surface area contributed by atoms with Gasteiger partial charge < -0.3 is 5.32 Å². The van der Waals surface area contributed by atoms with Crippen LogP contribution in [0.4, 0.5) is 5.69 Å². The largest absolute Gasteiger partial charge is 0.325 e. The molecule has 1 N–H and O–H groups in total. The number of para-hydroxylation sites is 1. The van der Waals surface area contributed by atoms with Crippen molar-refractivity contribution < 1.29 is 13.2 Å². The van der Waals surface area contributed by atoms with E-state index in [4.69, 9.17) is 5.26 Å².